The Kier molecular flexibility index (Phi) is 4.29. The average Bonchev–Trinajstić information content (AvgIpc) is 2.74. The monoisotopic (exact) mass is 270 g/mol. The highest BCUT2D eigenvalue weighted by molar-refractivity contribution is 5.83. The number of hydrogen-bond donors (Lipinski definition) is 3. The van der Waals surface area contributed by atoms with Gasteiger partial charge >= 0.3 is 12.0 Å². The molecule has 1 aliphatic carbocycles. The van der Waals surface area contributed by atoms with Crippen LogP contribution in [0, 0.1) is 5.92 Å². The number of urea groups is 1. The molecule has 6 heteroatoms. The maximum Gasteiger partial charge on any atom is 0.326 e. The Bertz CT molecular complexity index is 361. The number of aliphatic carboxylic acids is 1. The number of aliphatic hydroxyl groups excluding tert-OH is 1. The van der Waals surface area contributed by atoms with Crippen molar-refractivity contribution < 1.29 is 19.8 Å². The molecule has 2 rings (SSSR count). The topological polar surface area (TPSA) is 89.9 Å². The third-order valence-corrected chi connectivity index (χ3v) is 4.25. The fourth-order valence-electron chi connectivity index (χ4n) is 3.04. The molecule has 0 bridgehead atoms. The molecule has 2 fully saturated rings. The molecule has 1 saturated heterocycles. The lowest BCUT2D eigenvalue weighted by atomic mass is 9.86. The number of carbonyl (C=O) groups excluding carboxylic acids is 1. The molecule has 19 heavy (non-hydrogen) atoms. The van der Waals surface area contributed by atoms with Gasteiger partial charge in [0.1, 0.15) is 6.04 Å². The van der Waals surface area contributed by atoms with Crippen LogP contribution in [0.2, 0.25) is 0 Å². The normalized spacial score (nSPS) is 35.2. The van der Waals surface area contributed by atoms with Gasteiger partial charge in [-0.25, -0.2) is 9.59 Å². The number of β-amino-alcohol motifs (C(OH)–C–C–N with tert-alkyl or cyclic N) is 1. The lowest BCUT2D eigenvalue weighted by Crippen LogP contribution is -2.51. The number of rotatable bonds is 2. The average molecular weight is 270 g/mol. The number of carboxylic acid groups (broad SMARTS) is 1. The molecule has 3 N–H and O–H groups in total. The Morgan fingerprint density at radius 3 is 2.58 bits per heavy atom. The Balaban J connectivity index is 1.96. The van der Waals surface area contributed by atoms with Crippen LogP contribution in [-0.4, -0.2) is 51.8 Å². The van der Waals surface area contributed by atoms with Gasteiger partial charge in [0.25, 0.3) is 0 Å². The molecule has 4 atom stereocenters. The van der Waals surface area contributed by atoms with Crippen molar-refractivity contribution in [2.24, 2.45) is 5.92 Å². The molecule has 0 radical (unpaired) electrons. The summed E-state index contributed by atoms with van der Waals surface area (Å²) in [4.78, 5) is 24.5. The van der Waals surface area contributed by atoms with Crippen LogP contribution < -0.4 is 5.32 Å². The maximum absolute atomic E-state index is 12.2. The van der Waals surface area contributed by atoms with Crippen LogP contribution >= 0.6 is 0 Å². The molecular formula is C13H22N2O4. The molecule has 2 aliphatic rings. The zero-order valence-corrected chi connectivity index (χ0v) is 11.2. The number of carboxylic acids is 1. The van der Waals surface area contributed by atoms with Crippen LogP contribution in [0.4, 0.5) is 4.79 Å². The number of carbonyl (C=O) groups is 2. The van der Waals surface area contributed by atoms with E-state index in [1.165, 1.54) is 11.3 Å². The molecule has 6 nitrogen and oxygen atoms in total. The fourth-order valence-corrected chi connectivity index (χ4v) is 3.04. The predicted octanol–water partition coefficient (Wildman–Crippen LogP) is 0.794. The molecule has 0 aromatic rings. The van der Waals surface area contributed by atoms with E-state index in [1.54, 1.807) is 0 Å². The van der Waals surface area contributed by atoms with E-state index in [4.69, 9.17) is 5.11 Å². The van der Waals surface area contributed by atoms with Gasteiger partial charge in [-0.05, 0) is 18.8 Å². The predicted molar refractivity (Wildman–Crippen MR) is 68.7 cm³/mol. The van der Waals surface area contributed by atoms with Crippen LogP contribution in [0.5, 0.6) is 0 Å². The summed E-state index contributed by atoms with van der Waals surface area (Å²) < 4.78 is 0. The van der Waals surface area contributed by atoms with E-state index in [0.29, 0.717) is 5.92 Å². The summed E-state index contributed by atoms with van der Waals surface area (Å²) in [6.07, 6.45) is 3.70. The van der Waals surface area contributed by atoms with Gasteiger partial charge in [0, 0.05) is 19.0 Å². The number of amides is 2. The number of likely N-dealkylation sites (tertiary alicyclic amines) is 1. The van der Waals surface area contributed by atoms with Crippen molar-refractivity contribution in [3.8, 4) is 0 Å². The van der Waals surface area contributed by atoms with E-state index in [1.807, 2.05) is 0 Å². The standard InChI is InChI=1S/C13H22N2O4/c1-8-4-2-3-5-10(8)14-13(19)15-7-9(16)6-11(15)12(17)18/h8-11,16H,2-7H2,1H3,(H,14,19)(H,17,18)/t8?,9-,10?,11-/m0/s1. The van der Waals surface area contributed by atoms with Gasteiger partial charge in [0.2, 0.25) is 0 Å². The molecule has 2 unspecified atom stereocenters. The fraction of sp³-hybridized carbons (Fsp3) is 0.846. The van der Waals surface area contributed by atoms with E-state index in [9.17, 15) is 14.7 Å². The van der Waals surface area contributed by atoms with Gasteiger partial charge in [0.05, 0.1) is 6.10 Å². The van der Waals surface area contributed by atoms with Crippen LogP contribution in [-0.2, 0) is 4.79 Å². The summed E-state index contributed by atoms with van der Waals surface area (Å²) in [5.41, 5.74) is 0. The summed E-state index contributed by atoms with van der Waals surface area (Å²) in [5, 5.41) is 21.5. The number of nitrogens with zero attached hydrogens (tertiary/aromatic N) is 1. The van der Waals surface area contributed by atoms with Crippen molar-refractivity contribution >= 4 is 12.0 Å². The summed E-state index contributed by atoms with van der Waals surface area (Å²) >= 11 is 0. The van der Waals surface area contributed by atoms with Gasteiger partial charge in [-0.3, -0.25) is 0 Å². The number of hydrogen-bond acceptors (Lipinski definition) is 3. The smallest absolute Gasteiger partial charge is 0.326 e. The van der Waals surface area contributed by atoms with Gasteiger partial charge < -0.3 is 20.4 Å². The first kappa shape index (κ1) is 14.1. The van der Waals surface area contributed by atoms with Crippen LogP contribution in [0.1, 0.15) is 39.0 Å². The minimum absolute atomic E-state index is 0.101. The van der Waals surface area contributed by atoms with E-state index in [2.05, 4.69) is 12.2 Å². The van der Waals surface area contributed by atoms with Gasteiger partial charge in [0.15, 0.2) is 0 Å². The third-order valence-electron chi connectivity index (χ3n) is 4.25. The van der Waals surface area contributed by atoms with Crippen LogP contribution in [0.25, 0.3) is 0 Å². The van der Waals surface area contributed by atoms with Gasteiger partial charge in [-0.2, -0.15) is 0 Å². The second kappa shape index (κ2) is 5.77. The van der Waals surface area contributed by atoms with Crippen molar-refractivity contribution in [1.29, 1.82) is 0 Å². The molecular weight excluding hydrogens is 248 g/mol. The summed E-state index contributed by atoms with van der Waals surface area (Å²) in [6.45, 7) is 2.21. The van der Waals surface area contributed by atoms with Crippen molar-refractivity contribution in [2.45, 2.75) is 57.2 Å². The van der Waals surface area contributed by atoms with E-state index < -0.39 is 18.1 Å². The van der Waals surface area contributed by atoms with E-state index in [0.717, 1.165) is 19.3 Å². The molecule has 0 spiro atoms. The van der Waals surface area contributed by atoms with Crippen molar-refractivity contribution in [3.05, 3.63) is 0 Å². The summed E-state index contributed by atoms with van der Waals surface area (Å²) in [5.74, 6) is -0.628. The Morgan fingerprint density at radius 1 is 1.26 bits per heavy atom. The molecule has 1 heterocycles. The highest BCUT2D eigenvalue weighted by atomic mass is 16.4. The first-order chi connectivity index (χ1) is 8.99. The Hall–Kier alpha value is -1.30. The lowest BCUT2D eigenvalue weighted by Gasteiger charge is -2.32. The highest BCUT2D eigenvalue weighted by Gasteiger charge is 2.39. The molecule has 0 aromatic carbocycles. The van der Waals surface area contributed by atoms with Crippen LogP contribution in [0.3, 0.4) is 0 Å². The first-order valence-electron chi connectivity index (χ1n) is 6.97. The first-order valence-corrected chi connectivity index (χ1v) is 6.97. The largest absolute Gasteiger partial charge is 0.480 e. The quantitative estimate of drug-likeness (QED) is 0.692. The van der Waals surface area contributed by atoms with E-state index in [-0.39, 0.29) is 25.0 Å². The minimum atomic E-state index is -1.05. The second-order valence-corrected chi connectivity index (χ2v) is 5.71. The lowest BCUT2D eigenvalue weighted by molar-refractivity contribution is -0.141. The molecule has 1 aliphatic heterocycles. The third kappa shape index (κ3) is 3.18. The number of aliphatic hydroxyl groups is 1. The minimum Gasteiger partial charge on any atom is -0.480 e. The SMILES string of the molecule is CC1CCCCC1NC(=O)N1C[C@@H](O)C[C@H]1C(=O)O. The number of nitrogens with one attached hydrogen (secondary N) is 1. The second-order valence-electron chi connectivity index (χ2n) is 5.71. The Labute approximate surface area is 112 Å². The van der Waals surface area contributed by atoms with E-state index >= 15 is 0 Å². The zero-order chi connectivity index (χ0) is 14.0. The van der Waals surface area contributed by atoms with Crippen molar-refractivity contribution in [3.63, 3.8) is 0 Å². The zero-order valence-electron chi connectivity index (χ0n) is 11.2. The highest BCUT2D eigenvalue weighted by Crippen LogP contribution is 2.25. The van der Waals surface area contributed by atoms with Gasteiger partial charge in [-0.15, -0.1) is 0 Å². The summed E-state index contributed by atoms with van der Waals surface area (Å²) in [7, 11) is 0. The van der Waals surface area contributed by atoms with Crippen molar-refractivity contribution in [1.82, 2.24) is 10.2 Å². The Morgan fingerprint density at radius 2 is 1.95 bits per heavy atom. The van der Waals surface area contributed by atoms with Crippen LogP contribution in [0.15, 0.2) is 0 Å². The maximum atomic E-state index is 12.2. The molecule has 1 saturated carbocycles. The van der Waals surface area contributed by atoms with Gasteiger partial charge in [-0.1, -0.05) is 19.8 Å². The molecule has 2 amide bonds. The summed E-state index contributed by atoms with van der Waals surface area (Å²) in [6, 6.07) is -1.15. The van der Waals surface area contributed by atoms with Crippen molar-refractivity contribution in [2.75, 3.05) is 6.54 Å². The molecule has 108 valence electrons. The molecule has 0 aromatic heterocycles.